The first-order valence-electron chi connectivity index (χ1n) is 11.2. The van der Waals surface area contributed by atoms with E-state index in [-0.39, 0.29) is 24.8 Å². The number of hydrazone groups is 1. The molecule has 194 valence electrons. The molecule has 0 atom stereocenters. The van der Waals surface area contributed by atoms with Crippen LogP contribution in [0.25, 0.3) is 0 Å². The van der Waals surface area contributed by atoms with E-state index in [4.69, 9.17) is 32.7 Å². The molecule has 0 fully saturated rings. The lowest BCUT2D eigenvalue weighted by atomic mass is 10.2. The molecule has 1 aromatic heterocycles. The second kappa shape index (κ2) is 13.0. The molecular formula is C26H21Cl2N5O4S. The van der Waals surface area contributed by atoms with Crippen LogP contribution < -0.4 is 20.2 Å². The van der Waals surface area contributed by atoms with Crippen molar-refractivity contribution in [1.29, 1.82) is 0 Å². The summed E-state index contributed by atoms with van der Waals surface area (Å²) in [5.74, 6) is 0.323. The summed E-state index contributed by atoms with van der Waals surface area (Å²) in [4.78, 5) is 24.5. The molecule has 38 heavy (non-hydrogen) atoms. The van der Waals surface area contributed by atoms with Gasteiger partial charge in [-0.2, -0.15) is 5.10 Å². The Morgan fingerprint density at radius 1 is 1.03 bits per heavy atom. The van der Waals surface area contributed by atoms with Gasteiger partial charge in [0.1, 0.15) is 11.6 Å². The Balaban J connectivity index is 1.28. The summed E-state index contributed by atoms with van der Waals surface area (Å²) < 4.78 is 11.3. The third-order valence-electron chi connectivity index (χ3n) is 5.02. The molecule has 0 unspecified atom stereocenters. The van der Waals surface area contributed by atoms with Crippen molar-refractivity contribution in [2.75, 3.05) is 12.4 Å². The topological polar surface area (TPSA) is 115 Å². The van der Waals surface area contributed by atoms with E-state index in [0.717, 1.165) is 16.9 Å². The van der Waals surface area contributed by atoms with Gasteiger partial charge in [0.15, 0.2) is 11.5 Å². The van der Waals surface area contributed by atoms with Gasteiger partial charge in [0.25, 0.3) is 5.91 Å². The van der Waals surface area contributed by atoms with E-state index < -0.39 is 0 Å². The summed E-state index contributed by atoms with van der Waals surface area (Å²) in [7, 11) is 1.53. The van der Waals surface area contributed by atoms with Crippen LogP contribution in [0.3, 0.4) is 0 Å². The molecule has 1 heterocycles. The number of hydrogen-bond donors (Lipinski definition) is 2. The minimum atomic E-state index is -0.384. The first kappa shape index (κ1) is 27.1. The van der Waals surface area contributed by atoms with Crippen molar-refractivity contribution in [3.05, 3.63) is 98.5 Å². The number of amides is 2. The van der Waals surface area contributed by atoms with Gasteiger partial charge in [-0.3, -0.25) is 14.9 Å². The highest BCUT2D eigenvalue weighted by molar-refractivity contribution is 7.15. The Kier molecular flexibility index (Phi) is 9.26. The zero-order valence-electron chi connectivity index (χ0n) is 20.0. The van der Waals surface area contributed by atoms with Crippen molar-refractivity contribution in [2.45, 2.75) is 13.0 Å². The van der Waals surface area contributed by atoms with Gasteiger partial charge in [-0.05, 0) is 48.0 Å². The predicted octanol–water partition coefficient (Wildman–Crippen LogP) is 5.38. The molecular weight excluding hydrogens is 549 g/mol. The zero-order valence-corrected chi connectivity index (χ0v) is 22.3. The molecule has 9 nitrogen and oxygen atoms in total. The van der Waals surface area contributed by atoms with Crippen LogP contribution in [0, 0.1) is 0 Å². The Hall–Kier alpha value is -3.99. The molecule has 4 rings (SSSR count). The fourth-order valence-corrected chi connectivity index (χ4v) is 4.36. The summed E-state index contributed by atoms with van der Waals surface area (Å²) >= 11 is 13.2. The van der Waals surface area contributed by atoms with E-state index in [0.29, 0.717) is 42.8 Å². The number of nitrogens with zero attached hydrogens (tertiary/aromatic N) is 3. The molecule has 0 aliphatic rings. The second-order valence-electron chi connectivity index (χ2n) is 7.73. The number of carbonyl (C=O) groups excluding carboxylic acids is 2. The van der Waals surface area contributed by atoms with E-state index in [1.165, 1.54) is 13.3 Å². The SMILES string of the molecule is COc1cc(C=NNC(=O)Cc2nnc(NC(=O)c3ccccc3)s2)ccc1OCc1ccc(Cl)cc1Cl. The minimum absolute atomic E-state index is 0.0421. The van der Waals surface area contributed by atoms with Crippen molar-refractivity contribution in [2.24, 2.45) is 5.10 Å². The fourth-order valence-electron chi connectivity index (χ4n) is 3.17. The van der Waals surface area contributed by atoms with E-state index in [9.17, 15) is 9.59 Å². The Morgan fingerprint density at radius 3 is 2.61 bits per heavy atom. The highest BCUT2D eigenvalue weighted by Gasteiger charge is 2.12. The van der Waals surface area contributed by atoms with Crippen LogP contribution in [-0.2, 0) is 17.8 Å². The fraction of sp³-hybridized carbons (Fsp3) is 0.115. The lowest BCUT2D eigenvalue weighted by molar-refractivity contribution is -0.120. The quantitative estimate of drug-likeness (QED) is 0.196. The smallest absolute Gasteiger partial charge is 0.257 e. The summed E-state index contributed by atoms with van der Waals surface area (Å²) in [5.41, 5.74) is 4.41. The third kappa shape index (κ3) is 7.51. The maximum Gasteiger partial charge on any atom is 0.257 e. The summed E-state index contributed by atoms with van der Waals surface area (Å²) in [6, 6.07) is 19.2. The predicted molar refractivity (Wildman–Crippen MR) is 148 cm³/mol. The number of nitrogens with one attached hydrogen (secondary N) is 2. The van der Waals surface area contributed by atoms with Gasteiger partial charge >= 0.3 is 0 Å². The average molecular weight is 570 g/mol. The molecule has 2 amide bonds. The van der Waals surface area contributed by atoms with Crippen LogP contribution >= 0.6 is 34.5 Å². The van der Waals surface area contributed by atoms with Gasteiger partial charge < -0.3 is 9.47 Å². The highest BCUT2D eigenvalue weighted by atomic mass is 35.5. The molecule has 0 aliphatic heterocycles. The molecule has 0 radical (unpaired) electrons. The standard InChI is InChI=1S/C26H21Cl2N5O4S/c1-36-22-11-16(7-10-21(22)37-15-18-8-9-19(27)12-20(18)28)14-29-31-23(34)13-24-32-33-26(38-24)30-25(35)17-5-3-2-4-6-17/h2-12,14H,13,15H2,1H3,(H,31,34)(H,30,33,35). The van der Waals surface area contributed by atoms with Crippen molar-refractivity contribution < 1.29 is 19.1 Å². The van der Waals surface area contributed by atoms with Crippen molar-refractivity contribution in [1.82, 2.24) is 15.6 Å². The monoisotopic (exact) mass is 569 g/mol. The lowest BCUT2D eigenvalue weighted by Gasteiger charge is -2.12. The van der Waals surface area contributed by atoms with E-state index >= 15 is 0 Å². The van der Waals surface area contributed by atoms with Crippen LogP contribution in [0.2, 0.25) is 10.0 Å². The van der Waals surface area contributed by atoms with Gasteiger partial charge in [-0.1, -0.05) is 58.8 Å². The van der Waals surface area contributed by atoms with Crippen LogP contribution in [0.15, 0.2) is 71.8 Å². The average Bonchev–Trinajstić information content (AvgIpc) is 3.35. The van der Waals surface area contributed by atoms with Crippen LogP contribution in [-0.4, -0.2) is 35.3 Å². The Labute approximate surface area is 232 Å². The molecule has 3 aromatic carbocycles. The van der Waals surface area contributed by atoms with Crippen molar-refractivity contribution >= 4 is 57.7 Å². The first-order valence-corrected chi connectivity index (χ1v) is 12.7. The van der Waals surface area contributed by atoms with E-state index in [1.807, 2.05) is 6.07 Å². The molecule has 0 bridgehead atoms. The number of ether oxygens (including phenoxy) is 2. The van der Waals surface area contributed by atoms with Gasteiger partial charge in [-0.25, -0.2) is 5.43 Å². The van der Waals surface area contributed by atoms with Crippen LogP contribution in [0.4, 0.5) is 5.13 Å². The largest absolute Gasteiger partial charge is 0.493 e. The number of carbonyl (C=O) groups is 2. The van der Waals surface area contributed by atoms with Gasteiger partial charge in [0.05, 0.1) is 19.7 Å². The minimum Gasteiger partial charge on any atom is -0.493 e. The summed E-state index contributed by atoms with van der Waals surface area (Å²) in [6.45, 7) is 0.235. The van der Waals surface area contributed by atoms with E-state index in [2.05, 4.69) is 26.0 Å². The maximum absolute atomic E-state index is 12.3. The molecule has 0 aliphatic carbocycles. The second-order valence-corrected chi connectivity index (χ2v) is 9.63. The number of benzene rings is 3. The highest BCUT2D eigenvalue weighted by Crippen LogP contribution is 2.30. The summed E-state index contributed by atoms with van der Waals surface area (Å²) in [6.07, 6.45) is 1.44. The van der Waals surface area contributed by atoms with Gasteiger partial charge in [0.2, 0.25) is 11.0 Å². The zero-order chi connectivity index (χ0) is 26.9. The number of halogens is 2. The Morgan fingerprint density at radius 2 is 1.84 bits per heavy atom. The number of methoxy groups -OCH3 is 1. The number of rotatable bonds is 10. The lowest BCUT2D eigenvalue weighted by Crippen LogP contribution is -2.19. The number of anilines is 1. The number of aromatic nitrogens is 2. The third-order valence-corrected chi connectivity index (χ3v) is 6.45. The van der Waals surface area contributed by atoms with Crippen LogP contribution in [0.1, 0.15) is 26.5 Å². The van der Waals surface area contributed by atoms with E-state index in [1.54, 1.807) is 60.7 Å². The first-order chi connectivity index (χ1) is 18.4. The number of hydrogen-bond acceptors (Lipinski definition) is 8. The summed E-state index contributed by atoms with van der Waals surface area (Å²) in [5, 5.41) is 16.3. The molecule has 0 saturated carbocycles. The van der Waals surface area contributed by atoms with Gasteiger partial charge in [0, 0.05) is 21.2 Å². The normalized spacial score (nSPS) is 10.8. The van der Waals surface area contributed by atoms with Crippen molar-refractivity contribution in [3.8, 4) is 11.5 Å². The Bertz CT molecular complexity index is 1460. The molecule has 0 saturated heterocycles. The van der Waals surface area contributed by atoms with Gasteiger partial charge in [-0.15, -0.1) is 10.2 Å². The molecule has 2 N–H and O–H groups in total. The molecule has 0 spiro atoms. The molecule has 4 aromatic rings. The van der Waals surface area contributed by atoms with Crippen molar-refractivity contribution in [3.63, 3.8) is 0 Å². The van der Waals surface area contributed by atoms with Crippen LogP contribution in [0.5, 0.6) is 11.5 Å². The maximum atomic E-state index is 12.3. The molecule has 12 heteroatoms.